The van der Waals surface area contributed by atoms with Gasteiger partial charge in [0.2, 0.25) is 0 Å². The molecule has 7 heteroatoms. The molecule has 0 atom stereocenters. The van der Waals surface area contributed by atoms with Gasteiger partial charge in [0.05, 0.1) is 6.54 Å². The van der Waals surface area contributed by atoms with Gasteiger partial charge in [0.25, 0.3) is 0 Å². The van der Waals surface area contributed by atoms with Crippen LogP contribution in [0.4, 0.5) is 4.79 Å². The van der Waals surface area contributed by atoms with Crippen LogP contribution in [-0.4, -0.2) is 103 Å². The van der Waals surface area contributed by atoms with E-state index in [0.717, 1.165) is 52.2 Å². The van der Waals surface area contributed by atoms with Crippen molar-refractivity contribution in [3.8, 4) is 0 Å². The lowest BCUT2D eigenvalue weighted by molar-refractivity contribution is -0.138. The Balaban J connectivity index is 1.77. The van der Waals surface area contributed by atoms with E-state index in [2.05, 4.69) is 11.0 Å². The number of carboxylic acid groups (broad SMARTS) is 1. The molecule has 1 N–H and O–H groups in total. The van der Waals surface area contributed by atoms with Crippen LogP contribution in [0.15, 0.2) is 11.6 Å². The molecule has 0 bridgehead atoms. The Morgan fingerprint density at radius 1 is 1.14 bits per heavy atom. The zero-order valence-corrected chi connectivity index (χ0v) is 13.5. The average molecular weight is 310 g/mol. The summed E-state index contributed by atoms with van der Waals surface area (Å²) < 4.78 is 0. The topological polar surface area (TPSA) is 67.3 Å². The third-order valence-electron chi connectivity index (χ3n) is 4.12. The molecule has 2 rings (SSSR count). The zero-order chi connectivity index (χ0) is 16.1. The lowest BCUT2D eigenvalue weighted by atomic mass is 10.1. The number of nitrogens with zero attached hydrogens (tertiary/aromatic N) is 4. The standard InChI is InChI=1S/C15H26N4O3/c1-16(2)15(22)19-8-6-17(7-9-19)10-13-4-3-5-18(11-13)12-14(20)21/h4H,3,5-12H2,1-2H3,(H,20,21). The summed E-state index contributed by atoms with van der Waals surface area (Å²) in [7, 11) is 3.55. The van der Waals surface area contributed by atoms with Crippen LogP contribution >= 0.6 is 0 Å². The maximum Gasteiger partial charge on any atom is 0.319 e. The molecule has 2 aliphatic rings. The van der Waals surface area contributed by atoms with Crippen molar-refractivity contribution in [1.29, 1.82) is 0 Å². The smallest absolute Gasteiger partial charge is 0.319 e. The molecule has 1 saturated heterocycles. The Morgan fingerprint density at radius 3 is 2.41 bits per heavy atom. The number of hydrogen-bond donors (Lipinski definition) is 1. The van der Waals surface area contributed by atoms with Gasteiger partial charge >= 0.3 is 12.0 Å². The lowest BCUT2D eigenvalue weighted by Gasteiger charge is -2.37. The van der Waals surface area contributed by atoms with Crippen molar-refractivity contribution in [2.24, 2.45) is 0 Å². The first kappa shape index (κ1) is 16.8. The van der Waals surface area contributed by atoms with Crippen molar-refractivity contribution in [3.63, 3.8) is 0 Å². The third-order valence-corrected chi connectivity index (χ3v) is 4.12. The molecule has 0 radical (unpaired) electrons. The maximum absolute atomic E-state index is 11.9. The number of piperazine rings is 1. The van der Waals surface area contributed by atoms with E-state index in [0.29, 0.717) is 0 Å². The number of rotatable bonds is 4. The highest BCUT2D eigenvalue weighted by Gasteiger charge is 2.23. The summed E-state index contributed by atoms with van der Waals surface area (Å²) in [6.07, 6.45) is 3.15. The van der Waals surface area contributed by atoms with Gasteiger partial charge in [-0.2, -0.15) is 0 Å². The van der Waals surface area contributed by atoms with Gasteiger partial charge in [-0.1, -0.05) is 6.08 Å². The number of urea groups is 1. The number of carboxylic acids is 1. The van der Waals surface area contributed by atoms with E-state index in [4.69, 9.17) is 5.11 Å². The van der Waals surface area contributed by atoms with Crippen molar-refractivity contribution in [2.75, 3.05) is 66.5 Å². The predicted molar refractivity (Wildman–Crippen MR) is 83.9 cm³/mol. The van der Waals surface area contributed by atoms with E-state index in [9.17, 15) is 9.59 Å². The van der Waals surface area contributed by atoms with Crippen LogP contribution in [-0.2, 0) is 4.79 Å². The highest BCUT2D eigenvalue weighted by Crippen LogP contribution is 2.13. The molecule has 0 saturated carbocycles. The fourth-order valence-electron chi connectivity index (χ4n) is 2.99. The van der Waals surface area contributed by atoms with Gasteiger partial charge in [0.15, 0.2) is 0 Å². The first-order valence-corrected chi connectivity index (χ1v) is 7.76. The Bertz CT molecular complexity index is 442. The number of amides is 2. The van der Waals surface area contributed by atoms with Crippen LogP contribution in [0, 0.1) is 0 Å². The Hall–Kier alpha value is -1.60. The summed E-state index contributed by atoms with van der Waals surface area (Å²) in [6.45, 7) is 5.80. The van der Waals surface area contributed by atoms with Crippen molar-refractivity contribution in [3.05, 3.63) is 11.6 Å². The molecule has 7 nitrogen and oxygen atoms in total. The normalized spacial score (nSPS) is 20.6. The minimum Gasteiger partial charge on any atom is -0.480 e. The van der Waals surface area contributed by atoms with Gasteiger partial charge in [-0.15, -0.1) is 0 Å². The van der Waals surface area contributed by atoms with E-state index in [1.807, 2.05) is 9.80 Å². The van der Waals surface area contributed by atoms with Gasteiger partial charge in [-0.3, -0.25) is 14.6 Å². The van der Waals surface area contributed by atoms with Crippen molar-refractivity contribution in [2.45, 2.75) is 6.42 Å². The van der Waals surface area contributed by atoms with Crippen molar-refractivity contribution >= 4 is 12.0 Å². The monoisotopic (exact) mass is 310 g/mol. The van der Waals surface area contributed by atoms with Gasteiger partial charge in [0.1, 0.15) is 0 Å². The van der Waals surface area contributed by atoms with Gasteiger partial charge in [-0.25, -0.2) is 4.79 Å². The number of carbonyl (C=O) groups is 2. The molecule has 0 aromatic carbocycles. The lowest BCUT2D eigenvalue weighted by Crippen LogP contribution is -2.52. The second-order valence-corrected chi connectivity index (χ2v) is 6.20. The molecular weight excluding hydrogens is 284 g/mol. The van der Waals surface area contributed by atoms with Crippen LogP contribution in [0.3, 0.4) is 0 Å². The van der Waals surface area contributed by atoms with Crippen LogP contribution in [0.1, 0.15) is 6.42 Å². The summed E-state index contributed by atoms with van der Waals surface area (Å²) >= 11 is 0. The molecule has 2 heterocycles. The molecule has 1 fully saturated rings. The SMILES string of the molecule is CN(C)C(=O)N1CCN(CC2=CCCN(CC(=O)O)C2)CC1. The molecule has 0 spiro atoms. The molecule has 22 heavy (non-hydrogen) atoms. The molecule has 124 valence electrons. The highest BCUT2D eigenvalue weighted by molar-refractivity contribution is 5.73. The average Bonchev–Trinajstić information content (AvgIpc) is 2.47. The molecule has 0 aliphatic carbocycles. The molecule has 0 unspecified atom stereocenters. The third kappa shape index (κ3) is 4.71. The van der Waals surface area contributed by atoms with E-state index in [1.165, 1.54) is 5.57 Å². The first-order chi connectivity index (χ1) is 10.5. The van der Waals surface area contributed by atoms with E-state index >= 15 is 0 Å². The minimum atomic E-state index is -0.767. The van der Waals surface area contributed by atoms with E-state index < -0.39 is 5.97 Å². The Kier molecular flexibility index (Phi) is 5.79. The maximum atomic E-state index is 11.9. The summed E-state index contributed by atoms with van der Waals surface area (Å²) in [4.78, 5) is 30.5. The Morgan fingerprint density at radius 2 is 1.82 bits per heavy atom. The molecule has 2 aliphatic heterocycles. The highest BCUT2D eigenvalue weighted by atomic mass is 16.4. The largest absolute Gasteiger partial charge is 0.480 e. The number of aliphatic carboxylic acids is 1. The summed E-state index contributed by atoms with van der Waals surface area (Å²) in [5.74, 6) is -0.767. The summed E-state index contributed by atoms with van der Waals surface area (Å²) in [6, 6.07) is 0.0733. The van der Waals surface area contributed by atoms with Crippen LogP contribution in [0.5, 0.6) is 0 Å². The van der Waals surface area contributed by atoms with E-state index in [1.54, 1.807) is 19.0 Å². The zero-order valence-electron chi connectivity index (χ0n) is 13.5. The summed E-state index contributed by atoms with van der Waals surface area (Å²) in [5.41, 5.74) is 1.29. The quantitative estimate of drug-likeness (QED) is 0.741. The molecule has 0 aromatic rings. The predicted octanol–water partition coefficient (Wildman–Crippen LogP) is 0.00230. The molecule has 0 aromatic heterocycles. The number of carbonyl (C=O) groups excluding carboxylic acids is 1. The second kappa shape index (κ2) is 7.60. The fraction of sp³-hybridized carbons (Fsp3) is 0.733. The van der Waals surface area contributed by atoms with Crippen LogP contribution < -0.4 is 0 Å². The van der Waals surface area contributed by atoms with E-state index in [-0.39, 0.29) is 12.6 Å². The van der Waals surface area contributed by atoms with Gasteiger partial charge in [0, 0.05) is 59.9 Å². The first-order valence-electron chi connectivity index (χ1n) is 7.76. The van der Waals surface area contributed by atoms with Gasteiger partial charge < -0.3 is 14.9 Å². The molecule has 2 amide bonds. The Labute approximate surface area is 131 Å². The molecular formula is C15H26N4O3. The van der Waals surface area contributed by atoms with Crippen molar-refractivity contribution in [1.82, 2.24) is 19.6 Å². The van der Waals surface area contributed by atoms with Crippen LogP contribution in [0.25, 0.3) is 0 Å². The van der Waals surface area contributed by atoms with Gasteiger partial charge in [-0.05, 0) is 12.0 Å². The van der Waals surface area contributed by atoms with Crippen LogP contribution in [0.2, 0.25) is 0 Å². The fourth-order valence-corrected chi connectivity index (χ4v) is 2.99. The second-order valence-electron chi connectivity index (χ2n) is 6.20. The summed E-state index contributed by atoms with van der Waals surface area (Å²) in [5, 5.41) is 8.89. The van der Waals surface area contributed by atoms with Crippen molar-refractivity contribution < 1.29 is 14.7 Å². The number of hydrogen-bond acceptors (Lipinski definition) is 4. The minimum absolute atomic E-state index is 0.0733.